The number of imide groups is 1. The fourth-order valence-electron chi connectivity index (χ4n) is 3.63. The van der Waals surface area contributed by atoms with Gasteiger partial charge in [-0.25, -0.2) is 4.79 Å². The van der Waals surface area contributed by atoms with E-state index in [0.29, 0.717) is 10.8 Å². The van der Waals surface area contributed by atoms with Gasteiger partial charge in [0, 0.05) is 5.02 Å². The third-order valence-electron chi connectivity index (χ3n) is 5.01. The molecule has 1 aliphatic heterocycles. The van der Waals surface area contributed by atoms with Crippen molar-refractivity contribution < 1.29 is 23.9 Å². The molecule has 1 saturated heterocycles. The predicted molar refractivity (Wildman–Crippen MR) is 94.7 cm³/mol. The highest BCUT2D eigenvalue weighted by Crippen LogP contribution is 2.38. The van der Waals surface area contributed by atoms with Crippen molar-refractivity contribution in [1.29, 1.82) is 0 Å². The summed E-state index contributed by atoms with van der Waals surface area (Å²) in [7, 11) is 0. The number of benzene rings is 1. The first-order chi connectivity index (χ1) is 12.5. The Morgan fingerprint density at radius 3 is 2.27 bits per heavy atom. The van der Waals surface area contributed by atoms with Crippen LogP contribution in [0.1, 0.15) is 32.6 Å². The van der Waals surface area contributed by atoms with E-state index in [1.807, 2.05) is 0 Å². The van der Waals surface area contributed by atoms with Crippen LogP contribution in [0.25, 0.3) is 0 Å². The Labute approximate surface area is 157 Å². The lowest BCUT2D eigenvalue weighted by atomic mass is 9.81. The lowest BCUT2D eigenvalue weighted by molar-refractivity contribution is -0.158. The van der Waals surface area contributed by atoms with Crippen molar-refractivity contribution in [2.45, 2.75) is 38.6 Å². The van der Waals surface area contributed by atoms with Gasteiger partial charge in [-0.3, -0.25) is 14.5 Å². The van der Waals surface area contributed by atoms with E-state index in [1.165, 1.54) is 6.92 Å². The standard InChI is InChI=1S/C19H22ClNO5/c1-12(21-17(22)15-4-2-3-5-16(15)18(21)23)19(24)26-11-10-25-14-8-6-13(20)7-9-14/h6-9,12,15-16H,2-5,10-11H2,1H3/t12-,15+,16+/m0/s1. The third kappa shape index (κ3) is 3.85. The highest BCUT2D eigenvalue weighted by molar-refractivity contribution is 6.30. The van der Waals surface area contributed by atoms with Crippen LogP contribution in [0.5, 0.6) is 5.75 Å². The molecule has 2 amide bonds. The second kappa shape index (κ2) is 8.08. The molecule has 2 aliphatic rings. The summed E-state index contributed by atoms with van der Waals surface area (Å²) in [4.78, 5) is 38.3. The van der Waals surface area contributed by atoms with E-state index < -0.39 is 12.0 Å². The highest BCUT2D eigenvalue weighted by atomic mass is 35.5. The van der Waals surface area contributed by atoms with Gasteiger partial charge in [-0.15, -0.1) is 0 Å². The summed E-state index contributed by atoms with van der Waals surface area (Å²) in [5.74, 6) is -0.972. The van der Waals surface area contributed by atoms with Crippen LogP contribution in [-0.4, -0.2) is 41.9 Å². The van der Waals surface area contributed by atoms with Crippen LogP contribution in [-0.2, 0) is 19.1 Å². The van der Waals surface area contributed by atoms with Gasteiger partial charge in [-0.05, 0) is 44.0 Å². The molecule has 3 atom stereocenters. The summed E-state index contributed by atoms with van der Waals surface area (Å²) < 4.78 is 10.6. The highest BCUT2D eigenvalue weighted by Gasteiger charge is 2.51. The number of halogens is 1. The zero-order valence-electron chi connectivity index (χ0n) is 14.7. The fourth-order valence-corrected chi connectivity index (χ4v) is 3.75. The molecule has 1 heterocycles. The van der Waals surface area contributed by atoms with E-state index in [2.05, 4.69) is 0 Å². The van der Waals surface area contributed by atoms with Crippen LogP contribution < -0.4 is 4.74 Å². The molecule has 1 saturated carbocycles. The molecule has 3 rings (SSSR count). The SMILES string of the molecule is C[C@@H](C(=O)OCCOc1ccc(Cl)cc1)N1C(=O)[C@@H]2CCCC[C@H]2C1=O. The predicted octanol–water partition coefficient (Wildman–Crippen LogP) is 2.83. The number of likely N-dealkylation sites (tertiary alicyclic amines) is 1. The maximum absolute atomic E-state index is 12.5. The summed E-state index contributed by atoms with van der Waals surface area (Å²) in [5.41, 5.74) is 0. The van der Waals surface area contributed by atoms with Crippen LogP contribution in [0.2, 0.25) is 5.02 Å². The molecule has 1 aromatic rings. The van der Waals surface area contributed by atoms with Crippen molar-refractivity contribution in [3.8, 4) is 5.75 Å². The molecule has 26 heavy (non-hydrogen) atoms. The van der Waals surface area contributed by atoms with E-state index in [0.717, 1.165) is 30.6 Å². The molecule has 6 nitrogen and oxygen atoms in total. The molecule has 0 bridgehead atoms. The topological polar surface area (TPSA) is 72.9 Å². The molecular weight excluding hydrogens is 358 g/mol. The first kappa shape index (κ1) is 18.7. The van der Waals surface area contributed by atoms with Crippen LogP contribution in [0, 0.1) is 11.8 Å². The van der Waals surface area contributed by atoms with E-state index in [1.54, 1.807) is 24.3 Å². The van der Waals surface area contributed by atoms with Gasteiger partial charge in [0.25, 0.3) is 0 Å². The zero-order valence-corrected chi connectivity index (χ0v) is 15.4. The third-order valence-corrected chi connectivity index (χ3v) is 5.27. The maximum Gasteiger partial charge on any atom is 0.329 e. The average molecular weight is 380 g/mol. The van der Waals surface area contributed by atoms with Gasteiger partial charge < -0.3 is 9.47 Å². The lowest BCUT2D eigenvalue weighted by Crippen LogP contribution is -2.44. The molecular formula is C19H22ClNO5. The van der Waals surface area contributed by atoms with E-state index in [9.17, 15) is 14.4 Å². The smallest absolute Gasteiger partial charge is 0.329 e. The van der Waals surface area contributed by atoms with Crippen LogP contribution >= 0.6 is 11.6 Å². The summed E-state index contributed by atoms with van der Waals surface area (Å²) in [6.07, 6.45) is 3.36. The molecule has 140 valence electrons. The Hall–Kier alpha value is -2.08. The van der Waals surface area contributed by atoms with Gasteiger partial charge >= 0.3 is 5.97 Å². The van der Waals surface area contributed by atoms with Gasteiger partial charge in [0.05, 0.1) is 11.8 Å². The molecule has 2 fully saturated rings. The van der Waals surface area contributed by atoms with Gasteiger partial charge in [0.2, 0.25) is 11.8 Å². The Bertz CT molecular complexity index is 666. The zero-order chi connectivity index (χ0) is 18.7. The lowest BCUT2D eigenvalue weighted by Gasteiger charge is -2.21. The maximum atomic E-state index is 12.5. The molecule has 0 N–H and O–H groups in total. The second-order valence-electron chi connectivity index (χ2n) is 6.69. The van der Waals surface area contributed by atoms with Crippen molar-refractivity contribution in [2.24, 2.45) is 11.8 Å². The number of fused-ring (bicyclic) bond motifs is 1. The minimum atomic E-state index is -0.906. The minimum absolute atomic E-state index is 0.0366. The molecule has 0 spiro atoms. The van der Waals surface area contributed by atoms with Gasteiger partial charge in [0.1, 0.15) is 25.0 Å². The number of hydrogen-bond donors (Lipinski definition) is 0. The minimum Gasteiger partial charge on any atom is -0.490 e. The van der Waals surface area contributed by atoms with Crippen LogP contribution in [0.15, 0.2) is 24.3 Å². The Morgan fingerprint density at radius 2 is 1.69 bits per heavy atom. The van der Waals surface area contributed by atoms with E-state index in [-0.39, 0.29) is 36.9 Å². The van der Waals surface area contributed by atoms with E-state index >= 15 is 0 Å². The molecule has 0 unspecified atom stereocenters. The monoisotopic (exact) mass is 379 g/mol. The van der Waals surface area contributed by atoms with Crippen LogP contribution in [0.3, 0.4) is 0 Å². The van der Waals surface area contributed by atoms with Crippen LogP contribution in [0.4, 0.5) is 0 Å². The molecule has 1 aliphatic carbocycles. The first-order valence-electron chi connectivity index (χ1n) is 8.91. The summed E-state index contributed by atoms with van der Waals surface area (Å²) in [5, 5.41) is 0.609. The largest absolute Gasteiger partial charge is 0.490 e. The summed E-state index contributed by atoms with van der Waals surface area (Å²) in [6, 6.07) is 5.94. The van der Waals surface area contributed by atoms with E-state index in [4.69, 9.17) is 21.1 Å². The molecule has 0 aromatic heterocycles. The number of esters is 1. The summed E-state index contributed by atoms with van der Waals surface area (Å²) >= 11 is 5.80. The van der Waals surface area contributed by atoms with Gasteiger partial charge in [-0.2, -0.15) is 0 Å². The Morgan fingerprint density at radius 1 is 1.12 bits per heavy atom. The van der Waals surface area contributed by atoms with Crippen molar-refractivity contribution >= 4 is 29.4 Å². The van der Waals surface area contributed by atoms with Crippen molar-refractivity contribution in [2.75, 3.05) is 13.2 Å². The van der Waals surface area contributed by atoms with Gasteiger partial charge in [0.15, 0.2) is 0 Å². The normalized spacial score (nSPS) is 23.5. The fraction of sp³-hybridized carbons (Fsp3) is 0.526. The number of ether oxygens (including phenoxy) is 2. The van der Waals surface area contributed by atoms with Gasteiger partial charge in [-0.1, -0.05) is 24.4 Å². The number of hydrogen-bond acceptors (Lipinski definition) is 5. The summed E-state index contributed by atoms with van der Waals surface area (Å²) in [6.45, 7) is 1.75. The first-order valence-corrected chi connectivity index (χ1v) is 9.28. The number of carbonyl (C=O) groups is 3. The Balaban J connectivity index is 1.49. The number of nitrogens with zero attached hydrogens (tertiary/aromatic N) is 1. The molecule has 0 radical (unpaired) electrons. The molecule has 1 aromatic carbocycles. The Kier molecular flexibility index (Phi) is 5.81. The van der Waals surface area contributed by atoms with Crippen molar-refractivity contribution in [3.63, 3.8) is 0 Å². The number of amides is 2. The number of carbonyl (C=O) groups excluding carboxylic acids is 3. The average Bonchev–Trinajstić information content (AvgIpc) is 2.90. The van der Waals surface area contributed by atoms with Crippen molar-refractivity contribution in [1.82, 2.24) is 4.90 Å². The quantitative estimate of drug-likeness (QED) is 0.431. The number of rotatable bonds is 6. The second-order valence-corrected chi connectivity index (χ2v) is 7.13. The van der Waals surface area contributed by atoms with Crippen molar-refractivity contribution in [3.05, 3.63) is 29.3 Å². The molecule has 7 heteroatoms.